The highest BCUT2D eigenvalue weighted by Gasteiger charge is 2.31. The maximum atomic E-state index is 12.4. The van der Waals surface area contributed by atoms with Crippen LogP contribution in [0.25, 0.3) is 0 Å². The van der Waals surface area contributed by atoms with Crippen LogP contribution in [0.2, 0.25) is 0 Å². The average molecular weight is 305 g/mol. The lowest BCUT2D eigenvalue weighted by Gasteiger charge is -2.26. The van der Waals surface area contributed by atoms with Gasteiger partial charge < -0.3 is 14.8 Å². The molecule has 7 nitrogen and oxygen atoms in total. The lowest BCUT2D eigenvalue weighted by Crippen LogP contribution is -2.46. The number of ether oxygens (including phenoxy) is 2. The van der Waals surface area contributed by atoms with Crippen molar-refractivity contribution in [1.82, 2.24) is 15.1 Å². The number of carbonyl (C=O) groups is 2. The average Bonchev–Trinajstić information content (AvgIpc) is 3.13. The van der Waals surface area contributed by atoms with E-state index in [0.717, 1.165) is 17.1 Å². The SMILES string of the molecule is C[C@@H](C(=O)N1CCNC1=O)N(C)Cc1ccc2c(c1)OCO2. The number of hydrogen-bond acceptors (Lipinski definition) is 5. The molecule has 0 bridgehead atoms. The van der Waals surface area contributed by atoms with E-state index >= 15 is 0 Å². The first-order valence-electron chi connectivity index (χ1n) is 7.24. The van der Waals surface area contributed by atoms with Crippen LogP contribution in [-0.4, -0.2) is 54.7 Å². The summed E-state index contributed by atoms with van der Waals surface area (Å²) in [6, 6.07) is 5.04. The van der Waals surface area contributed by atoms with E-state index in [9.17, 15) is 9.59 Å². The minimum atomic E-state index is -0.380. The van der Waals surface area contributed by atoms with Gasteiger partial charge in [0, 0.05) is 19.6 Å². The van der Waals surface area contributed by atoms with Gasteiger partial charge in [0.25, 0.3) is 0 Å². The molecule has 1 saturated heterocycles. The smallest absolute Gasteiger partial charge is 0.324 e. The van der Waals surface area contributed by atoms with Crippen molar-refractivity contribution in [2.24, 2.45) is 0 Å². The molecule has 22 heavy (non-hydrogen) atoms. The zero-order chi connectivity index (χ0) is 15.7. The minimum Gasteiger partial charge on any atom is -0.454 e. The van der Waals surface area contributed by atoms with Gasteiger partial charge in [-0.25, -0.2) is 4.79 Å². The van der Waals surface area contributed by atoms with E-state index in [4.69, 9.17) is 9.47 Å². The molecule has 1 aromatic carbocycles. The standard InChI is InChI=1S/C15H19N3O4/c1-10(14(19)18-6-5-16-15(18)20)17(2)8-11-3-4-12-13(7-11)22-9-21-12/h3-4,7,10H,5-6,8-9H2,1-2H3,(H,16,20)/t10-/m0/s1. The Balaban J connectivity index is 1.64. The number of nitrogens with one attached hydrogen (secondary N) is 1. The van der Waals surface area contributed by atoms with Crippen molar-refractivity contribution in [2.45, 2.75) is 19.5 Å². The molecule has 2 aliphatic rings. The van der Waals surface area contributed by atoms with Gasteiger partial charge in [0.05, 0.1) is 6.04 Å². The number of hydrogen-bond donors (Lipinski definition) is 1. The van der Waals surface area contributed by atoms with E-state index in [0.29, 0.717) is 19.6 Å². The molecule has 3 amide bonds. The second kappa shape index (κ2) is 5.84. The fourth-order valence-corrected chi connectivity index (χ4v) is 2.56. The van der Waals surface area contributed by atoms with Gasteiger partial charge in [-0.05, 0) is 31.7 Å². The van der Waals surface area contributed by atoms with Gasteiger partial charge in [0.1, 0.15) is 0 Å². The van der Waals surface area contributed by atoms with Crippen LogP contribution in [0.4, 0.5) is 4.79 Å². The number of nitrogens with zero attached hydrogens (tertiary/aromatic N) is 2. The quantitative estimate of drug-likeness (QED) is 0.890. The first-order valence-corrected chi connectivity index (χ1v) is 7.24. The zero-order valence-electron chi connectivity index (χ0n) is 12.7. The normalized spacial score (nSPS) is 17.8. The molecule has 0 unspecified atom stereocenters. The molecule has 1 fully saturated rings. The number of carbonyl (C=O) groups excluding carboxylic acids is 2. The first-order chi connectivity index (χ1) is 10.6. The van der Waals surface area contributed by atoms with Crippen molar-refractivity contribution in [1.29, 1.82) is 0 Å². The molecular weight excluding hydrogens is 286 g/mol. The van der Waals surface area contributed by atoms with E-state index < -0.39 is 0 Å². The Morgan fingerprint density at radius 1 is 1.41 bits per heavy atom. The summed E-state index contributed by atoms with van der Waals surface area (Å²) in [7, 11) is 1.86. The lowest BCUT2D eigenvalue weighted by atomic mass is 10.1. The van der Waals surface area contributed by atoms with Crippen LogP contribution >= 0.6 is 0 Å². The highest BCUT2D eigenvalue weighted by Crippen LogP contribution is 2.32. The topological polar surface area (TPSA) is 71.1 Å². The van der Waals surface area contributed by atoms with E-state index in [2.05, 4.69) is 5.32 Å². The molecule has 0 aromatic heterocycles. The van der Waals surface area contributed by atoms with E-state index in [1.807, 2.05) is 30.1 Å². The van der Waals surface area contributed by atoms with Gasteiger partial charge in [-0.1, -0.05) is 6.07 Å². The van der Waals surface area contributed by atoms with Crippen LogP contribution < -0.4 is 14.8 Å². The Morgan fingerprint density at radius 2 is 2.18 bits per heavy atom. The molecule has 1 atom stereocenters. The number of fused-ring (bicyclic) bond motifs is 1. The van der Waals surface area contributed by atoms with Gasteiger partial charge in [0.2, 0.25) is 12.7 Å². The Kier molecular flexibility index (Phi) is 3.89. The summed E-state index contributed by atoms with van der Waals surface area (Å²) in [6.07, 6.45) is 0. The Hall–Kier alpha value is -2.28. The van der Waals surface area contributed by atoms with Gasteiger partial charge in [-0.2, -0.15) is 0 Å². The molecule has 0 spiro atoms. The van der Waals surface area contributed by atoms with Crippen molar-refractivity contribution in [3.05, 3.63) is 23.8 Å². The second-order valence-corrected chi connectivity index (χ2v) is 5.50. The first kappa shape index (κ1) is 14.6. The highest BCUT2D eigenvalue weighted by atomic mass is 16.7. The molecule has 2 heterocycles. The van der Waals surface area contributed by atoms with Crippen LogP contribution in [0.15, 0.2) is 18.2 Å². The summed E-state index contributed by atoms with van der Waals surface area (Å²) in [6.45, 7) is 3.58. The van der Waals surface area contributed by atoms with Crippen molar-refractivity contribution in [2.75, 3.05) is 26.9 Å². The monoisotopic (exact) mass is 305 g/mol. The molecular formula is C15H19N3O4. The van der Waals surface area contributed by atoms with Crippen molar-refractivity contribution >= 4 is 11.9 Å². The third kappa shape index (κ3) is 2.71. The Labute approximate surface area is 128 Å². The molecule has 118 valence electrons. The van der Waals surface area contributed by atoms with Gasteiger partial charge in [-0.15, -0.1) is 0 Å². The van der Waals surface area contributed by atoms with Crippen molar-refractivity contribution in [3.63, 3.8) is 0 Å². The van der Waals surface area contributed by atoms with Crippen LogP contribution in [0.1, 0.15) is 12.5 Å². The fourth-order valence-electron chi connectivity index (χ4n) is 2.56. The molecule has 1 aromatic rings. The number of rotatable bonds is 4. The van der Waals surface area contributed by atoms with Gasteiger partial charge >= 0.3 is 6.03 Å². The predicted molar refractivity (Wildman–Crippen MR) is 78.6 cm³/mol. The van der Waals surface area contributed by atoms with E-state index in [-0.39, 0.29) is 24.8 Å². The summed E-state index contributed by atoms with van der Waals surface area (Å²) in [5.41, 5.74) is 1.03. The summed E-state index contributed by atoms with van der Waals surface area (Å²) in [5.74, 6) is 1.28. The fraction of sp³-hybridized carbons (Fsp3) is 0.467. The summed E-state index contributed by atoms with van der Waals surface area (Å²) in [5, 5.41) is 2.64. The predicted octanol–water partition coefficient (Wildman–Crippen LogP) is 0.787. The largest absolute Gasteiger partial charge is 0.454 e. The van der Waals surface area contributed by atoms with Crippen LogP contribution in [0.3, 0.4) is 0 Å². The maximum absolute atomic E-state index is 12.4. The summed E-state index contributed by atoms with van der Waals surface area (Å²) >= 11 is 0. The zero-order valence-corrected chi connectivity index (χ0v) is 12.7. The van der Waals surface area contributed by atoms with Crippen molar-refractivity contribution < 1.29 is 19.1 Å². The molecule has 1 N–H and O–H groups in total. The van der Waals surface area contributed by atoms with E-state index in [1.54, 1.807) is 6.92 Å². The summed E-state index contributed by atoms with van der Waals surface area (Å²) in [4.78, 5) is 27.1. The summed E-state index contributed by atoms with van der Waals surface area (Å²) < 4.78 is 10.6. The lowest BCUT2D eigenvalue weighted by molar-refractivity contribution is -0.132. The molecule has 3 rings (SSSR count). The molecule has 7 heteroatoms. The van der Waals surface area contributed by atoms with E-state index in [1.165, 1.54) is 4.90 Å². The maximum Gasteiger partial charge on any atom is 0.324 e. The number of urea groups is 1. The molecule has 2 aliphatic heterocycles. The molecule has 0 saturated carbocycles. The van der Waals surface area contributed by atoms with Crippen LogP contribution in [-0.2, 0) is 11.3 Å². The second-order valence-electron chi connectivity index (χ2n) is 5.50. The molecule has 0 aliphatic carbocycles. The molecule has 0 radical (unpaired) electrons. The number of imide groups is 1. The number of likely N-dealkylation sites (N-methyl/N-ethyl adjacent to an activating group) is 1. The Morgan fingerprint density at radius 3 is 2.91 bits per heavy atom. The van der Waals surface area contributed by atoms with Crippen LogP contribution in [0.5, 0.6) is 11.5 Å². The number of amides is 3. The van der Waals surface area contributed by atoms with Gasteiger partial charge in [0.15, 0.2) is 11.5 Å². The van der Waals surface area contributed by atoms with Gasteiger partial charge in [-0.3, -0.25) is 14.6 Å². The number of benzene rings is 1. The Bertz CT molecular complexity index is 604. The minimum absolute atomic E-state index is 0.182. The van der Waals surface area contributed by atoms with Crippen molar-refractivity contribution in [3.8, 4) is 11.5 Å². The third-order valence-electron chi connectivity index (χ3n) is 4.01. The third-order valence-corrected chi connectivity index (χ3v) is 4.01. The van der Waals surface area contributed by atoms with Crippen LogP contribution in [0, 0.1) is 0 Å². The highest BCUT2D eigenvalue weighted by molar-refractivity contribution is 5.98.